The van der Waals surface area contributed by atoms with Crippen molar-refractivity contribution in [1.82, 2.24) is 4.90 Å². The lowest BCUT2D eigenvalue weighted by Gasteiger charge is -2.19. The molecule has 1 atom stereocenters. The number of primary amides is 1. The van der Waals surface area contributed by atoms with Crippen molar-refractivity contribution in [2.24, 2.45) is 5.73 Å². The quantitative estimate of drug-likeness (QED) is 0.861. The second-order valence-corrected chi connectivity index (χ2v) is 4.85. The molecule has 1 aliphatic rings. The van der Waals surface area contributed by atoms with Gasteiger partial charge in [0.2, 0.25) is 5.91 Å². The van der Waals surface area contributed by atoms with E-state index in [1.807, 2.05) is 0 Å². The zero-order valence-electron chi connectivity index (χ0n) is 10.4. The SMILES string of the molecule is CN1CCC[C@@H]1c1ccc(CCC(N)=O)cc1. The van der Waals surface area contributed by atoms with Crippen LogP contribution in [0.1, 0.15) is 36.4 Å². The molecule has 1 saturated heterocycles. The van der Waals surface area contributed by atoms with E-state index >= 15 is 0 Å². The van der Waals surface area contributed by atoms with Crippen molar-refractivity contribution in [2.75, 3.05) is 13.6 Å². The Hall–Kier alpha value is -1.35. The van der Waals surface area contributed by atoms with Crippen molar-refractivity contribution >= 4 is 5.91 Å². The summed E-state index contributed by atoms with van der Waals surface area (Å²) in [7, 11) is 2.18. The van der Waals surface area contributed by atoms with Gasteiger partial charge in [-0.1, -0.05) is 24.3 Å². The van der Waals surface area contributed by atoms with Crippen molar-refractivity contribution in [1.29, 1.82) is 0 Å². The second kappa shape index (κ2) is 5.32. The summed E-state index contributed by atoms with van der Waals surface area (Å²) in [5.74, 6) is -0.232. The predicted molar refractivity (Wildman–Crippen MR) is 68.6 cm³/mol. The third-order valence-corrected chi connectivity index (χ3v) is 3.55. The summed E-state index contributed by atoms with van der Waals surface area (Å²) < 4.78 is 0. The molecule has 17 heavy (non-hydrogen) atoms. The summed E-state index contributed by atoms with van der Waals surface area (Å²) in [4.78, 5) is 13.1. The Morgan fingerprint density at radius 2 is 2.12 bits per heavy atom. The van der Waals surface area contributed by atoms with Gasteiger partial charge in [0.25, 0.3) is 0 Å². The molecule has 1 aromatic rings. The molecule has 0 unspecified atom stereocenters. The molecule has 3 heteroatoms. The van der Waals surface area contributed by atoms with Gasteiger partial charge in [0.05, 0.1) is 0 Å². The van der Waals surface area contributed by atoms with E-state index < -0.39 is 0 Å². The Kier molecular flexibility index (Phi) is 3.79. The number of hydrogen-bond donors (Lipinski definition) is 1. The van der Waals surface area contributed by atoms with Crippen LogP contribution in [0.15, 0.2) is 24.3 Å². The predicted octanol–water partition coefficient (Wildman–Crippen LogP) is 1.87. The largest absolute Gasteiger partial charge is 0.370 e. The number of nitrogens with two attached hydrogens (primary N) is 1. The van der Waals surface area contributed by atoms with Gasteiger partial charge in [0, 0.05) is 12.5 Å². The fourth-order valence-electron chi connectivity index (χ4n) is 2.51. The molecule has 3 nitrogen and oxygen atoms in total. The van der Waals surface area contributed by atoms with E-state index in [1.54, 1.807) is 0 Å². The van der Waals surface area contributed by atoms with Crippen LogP contribution in [0, 0.1) is 0 Å². The average Bonchev–Trinajstić information content (AvgIpc) is 2.73. The zero-order chi connectivity index (χ0) is 12.3. The summed E-state index contributed by atoms with van der Waals surface area (Å²) in [5, 5.41) is 0. The maximum Gasteiger partial charge on any atom is 0.217 e. The molecule has 0 aliphatic carbocycles. The first-order valence-electron chi connectivity index (χ1n) is 6.24. The monoisotopic (exact) mass is 232 g/mol. The number of benzene rings is 1. The number of rotatable bonds is 4. The van der Waals surface area contributed by atoms with E-state index in [4.69, 9.17) is 5.73 Å². The lowest BCUT2D eigenvalue weighted by atomic mass is 10.0. The molecule has 0 saturated carbocycles. The third kappa shape index (κ3) is 3.07. The second-order valence-electron chi connectivity index (χ2n) is 4.85. The standard InChI is InChI=1S/C14H20N2O/c1-16-10-2-3-13(16)12-7-4-11(5-8-12)6-9-14(15)17/h4-5,7-8,13H,2-3,6,9-10H2,1H3,(H2,15,17)/t13-/m1/s1. The minimum Gasteiger partial charge on any atom is -0.370 e. The topological polar surface area (TPSA) is 46.3 Å². The minimum atomic E-state index is -0.232. The molecule has 1 aliphatic heterocycles. The smallest absolute Gasteiger partial charge is 0.217 e. The van der Waals surface area contributed by atoms with Gasteiger partial charge >= 0.3 is 0 Å². The Bertz CT molecular complexity index is 386. The maximum atomic E-state index is 10.7. The first-order valence-corrected chi connectivity index (χ1v) is 6.24. The Balaban J connectivity index is 2.00. The number of hydrogen-bond acceptors (Lipinski definition) is 2. The van der Waals surface area contributed by atoms with Gasteiger partial charge in [-0.25, -0.2) is 0 Å². The number of carbonyl (C=O) groups is 1. The summed E-state index contributed by atoms with van der Waals surface area (Å²) >= 11 is 0. The van der Waals surface area contributed by atoms with Gasteiger partial charge in [-0.2, -0.15) is 0 Å². The van der Waals surface area contributed by atoms with Crippen molar-refractivity contribution < 1.29 is 4.79 Å². The molecule has 1 aromatic carbocycles. The van der Waals surface area contributed by atoms with Gasteiger partial charge in [-0.3, -0.25) is 9.69 Å². The van der Waals surface area contributed by atoms with Crippen LogP contribution in [0.2, 0.25) is 0 Å². The Morgan fingerprint density at radius 1 is 1.41 bits per heavy atom. The molecule has 1 amide bonds. The van der Waals surface area contributed by atoms with E-state index in [2.05, 4.69) is 36.2 Å². The Morgan fingerprint density at radius 3 is 2.65 bits per heavy atom. The molecule has 0 radical (unpaired) electrons. The molecule has 2 rings (SSSR count). The van der Waals surface area contributed by atoms with Crippen LogP contribution in [-0.4, -0.2) is 24.4 Å². The lowest BCUT2D eigenvalue weighted by molar-refractivity contribution is -0.117. The lowest BCUT2D eigenvalue weighted by Crippen LogP contribution is -2.17. The molecular weight excluding hydrogens is 212 g/mol. The molecule has 1 heterocycles. The van der Waals surface area contributed by atoms with E-state index in [1.165, 1.54) is 30.5 Å². The van der Waals surface area contributed by atoms with Gasteiger partial charge in [-0.15, -0.1) is 0 Å². The first-order chi connectivity index (χ1) is 8.16. The fraction of sp³-hybridized carbons (Fsp3) is 0.500. The minimum absolute atomic E-state index is 0.232. The maximum absolute atomic E-state index is 10.7. The number of carbonyl (C=O) groups excluding carboxylic acids is 1. The van der Waals surface area contributed by atoms with E-state index in [0.717, 1.165) is 6.42 Å². The van der Waals surface area contributed by atoms with Crippen LogP contribution in [0.25, 0.3) is 0 Å². The molecule has 92 valence electrons. The molecule has 0 spiro atoms. The summed E-state index contributed by atoms with van der Waals surface area (Å²) in [6.45, 7) is 1.19. The van der Waals surface area contributed by atoms with Gasteiger partial charge < -0.3 is 5.73 Å². The number of aryl methyl sites for hydroxylation is 1. The number of likely N-dealkylation sites (tertiary alicyclic amines) is 1. The zero-order valence-corrected chi connectivity index (χ0v) is 10.4. The fourth-order valence-corrected chi connectivity index (χ4v) is 2.51. The molecule has 1 fully saturated rings. The van der Waals surface area contributed by atoms with Crippen molar-refractivity contribution in [3.63, 3.8) is 0 Å². The molecule has 2 N–H and O–H groups in total. The van der Waals surface area contributed by atoms with E-state index in [9.17, 15) is 4.79 Å². The van der Waals surface area contributed by atoms with Crippen molar-refractivity contribution in [3.8, 4) is 0 Å². The summed E-state index contributed by atoms with van der Waals surface area (Å²) in [5.41, 5.74) is 7.71. The van der Waals surface area contributed by atoms with E-state index in [0.29, 0.717) is 12.5 Å². The normalized spacial score (nSPS) is 20.6. The van der Waals surface area contributed by atoms with Crippen molar-refractivity contribution in [3.05, 3.63) is 35.4 Å². The van der Waals surface area contributed by atoms with Gasteiger partial charge in [0.1, 0.15) is 0 Å². The van der Waals surface area contributed by atoms with Gasteiger partial charge in [-0.05, 0) is 44.0 Å². The highest BCUT2D eigenvalue weighted by molar-refractivity contribution is 5.73. The van der Waals surface area contributed by atoms with Crippen molar-refractivity contribution in [2.45, 2.75) is 31.7 Å². The summed E-state index contributed by atoms with van der Waals surface area (Å²) in [6, 6.07) is 9.17. The third-order valence-electron chi connectivity index (χ3n) is 3.55. The van der Waals surface area contributed by atoms with Crippen LogP contribution >= 0.6 is 0 Å². The van der Waals surface area contributed by atoms with E-state index in [-0.39, 0.29) is 5.91 Å². The van der Waals surface area contributed by atoms with Crippen LogP contribution in [0.5, 0.6) is 0 Å². The van der Waals surface area contributed by atoms with Crippen LogP contribution in [0.4, 0.5) is 0 Å². The summed E-state index contributed by atoms with van der Waals surface area (Å²) in [6.07, 6.45) is 3.71. The molecule has 0 bridgehead atoms. The molecular formula is C14H20N2O. The number of nitrogens with zero attached hydrogens (tertiary/aromatic N) is 1. The highest BCUT2D eigenvalue weighted by Crippen LogP contribution is 2.30. The van der Waals surface area contributed by atoms with Crippen LogP contribution in [0.3, 0.4) is 0 Å². The van der Waals surface area contributed by atoms with Crippen LogP contribution in [-0.2, 0) is 11.2 Å². The highest BCUT2D eigenvalue weighted by atomic mass is 16.1. The average molecular weight is 232 g/mol. The first kappa shape index (κ1) is 12.1. The Labute approximate surface area is 103 Å². The van der Waals surface area contributed by atoms with Crippen LogP contribution < -0.4 is 5.73 Å². The highest BCUT2D eigenvalue weighted by Gasteiger charge is 2.21. The number of amides is 1. The van der Waals surface area contributed by atoms with Gasteiger partial charge in [0.15, 0.2) is 0 Å². The molecule has 0 aromatic heterocycles.